The second-order valence-corrected chi connectivity index (χ2v) is 10.2. The minimum atomic E-state index is -0.355. The molecule has 1 unspecified atom stereocenters. The van der Waals surface area contributed by atoms with E-state index < -0.39 is 0 Å². The van der Waals surface area contributed by atoms with Crippen LogP contribution in [-0.2, 0) is 15.9 Å². The summed E-state index contributed by atoms with van der Waals surface area (Å²) in [5.41, 5.74) is 5.20. The number of fused-ring (bicyclic) bond motifs is 3. The van der Waals surface area contributed by atoms with Crippen LogP contribution >= 0.6 is 0 Å². The first kappa shape index (κ1) is 23.6. The molecule has 1 fully saturated rings. The number of aryl methyl sites for hydroxylation is 1. The standard InChI is InChI=1S/C27H36N2O4/c1-16(2)15-33-20-7-8-28(14-20)24-10-19-9-23(17(3)4)29-13-18(5)26(30)12-25(29)21(19)11-22(24)27(31)32-6/h10-13,16-17,20,23H,7-9,14-15H2,1-6H3/t20-,23?/m0/s1. The highest BCUT2D eigenvalue weighted by atomic mass is 16.5. The summed E-state index contributed by atoms with van der Waals surface area (Å²) in [6.45, 7) is 12.9. The molecule has 1 aromatic heterocycles. The molecule has 3 heterocycles. The van der Waals surface area contributed by atoms with E-state index in [1.165, 1.54) is 12.7 Å². The van der Waals surface area contributed by atoms with Gasteiger partial charge in [-0.05, 0) is 49.3 Å². The van der Waals surface area contributed by atoms with Crippen LogP contribution in [0.15, 0.2) is 29.2 Å². The van der Waals surface area contributed by atoms with Gasteiger partial charge < -0.3 is 18.9 Å². The van der Waals surface area contributed by atoms with Crippen LogP contribution < -0.4 is 10.3 Å². The maximum Gasteiger partial charge on any atom is 0.339 e. The van der Waals surface area contributed by atoms with E-state index in [0.717, 1.165) is 55.0 Å². The van der Waals surface area contributed by atoms with Gasteiger partial charge in [-0.15, -0.1) is 0 Å². The minimum Gasteiger partial charge on any atom is -0.465 e. The molecule has 6 nitrogen and oxygen atoms in total. The molecule has 0 aliphatic carbocycles. The van der Waals surface area contributed by atoms with Gasteiger partial charge in [0.1, 0.15) is 0 Å². The number of hydrogen-bond donors (Lipinski definition) is 0. The molecule has 0 N–H and O–H groups in total. The maximum atomic E-state index is 12.8. The van der Waals surface area contributed by atoms with Crippen LogP contribution in [0.4, 0.5) is 5.69 Å². The average molecular weight is 453 g/mol. The fourth-order valence-electron chi connectivity index (χ4n) is 5.01. The molecule has 2 aliphatic heterocycles. The lowest BCUT2D eigenvalue weighted by atomic mass is 9.86. The Balaban J connectivity index is 1.79. The van der Waals surface area contributed by atoms with Crippen molar-refractivity contribution >= 4 is 11.7 Å². The number of ether oxygens (including phenoxy) is 2. The van der Waals surface area contributed by atoms with Gasteiger partial charge in [-0.1, -0.05) is 27.7 Å². The topological polar surface area (TPSA) is 60.8 Å². The van der Waals surface area contributed by atoms with Crippen molar-refractivity contribution < 1.29 is 14.3 Å². The van der Waals surface area contributed by atoms with E-state index in [-0.39, 0.29) is 23.5 Å². The fourth-order valence-corrected chi connectivity index (χ4v) is 5.01. The van der Waals surface area contributed by atoms with Crippen LogP contribution in [0.3, 0.4) is 0 Å². The number of hydrogen-bond acceptors (Lipinski definition) is 5. The average Bonchev–Trinajstić information content (AvgIpc) is 3.25. The van der Waals surface area contributed by atoms with Crippen LogP contribution in [0.25, 0.3) is 11.3 Å². The Kier molecular flexibility index (Phi) is 6.66. The van der Waals surface area contributed by atoms with Crippen LogP contribution in [0.2, 0.25) is 0 Å². The molecule has 2 aliphatic rings. The van der Waals surface area contributed by atoms with Crippen molar-refractivity contribution in [3.05, 3.63) is 51.3 Å². The number of rotatable bonds is 6. The summed E-state index contributed by atoms with van der Waals surface area (Å²) in [5, 5.41) is 0. The molecule has 0 radical (unpaired) electrons. The Labute approximate surface area is 196 Å². The first-order valence-electron chi connectivity index (χ1n) is 12.0. The first-order chi connectivity index (χ1) is 15.7. The van der Waals surface area contributed by atoms with Gasteiger partial charge in [0.25, 0.3) is 0 Å². The van der Waals surface area contributed by atoms with Gasteiger partial charge >= 0.3 is 5.97 Å². The number of anilines is 1. The number of methoxy groups -OCH3 is 1. The van der Waals surface area contributed by atoms with Crippen LogP contribution in [0.1, 0.15) is 61.6 Å². The van der Waals surface area contributed by atoms with E-state index in [1.54, 1.807) is 6.07 Å². The third-order valence-corrected chi connectivity index (χ3v) is 6.88. The van der Waals surface area contributed by atoms with Crippen molar-refractivity contribution in [1.29, 1.82) is 0 Å². The molecule has 6 heteroatoms. The minimum absolute atomic E-state index is 0.0185. The third kappa shape index (κ3) is 4.58. The number of carbonyl (C=O) groups excluding carboxylic acids is 1. The molecule has 1 saturated heterocycles. The van der Waals surface area contributed by atoms with Gasteiger partial charge in [-0.25, -0.2) is 4.79 Å². The number of carbonyl (C=O) groups is 1. The van der Waals surface area contributed by atoms with E-state index in [4.69, 9.17) is 9.47 Å². The zero-order valence-electron chi connectivity index (χ0n) is 20.7. The lowest BCUT2D eigenvalue weighted by molar-refractivity contribution is 0.0496. The van der Waals surface area contributed by atoms with Gasteiger partial charge in [-0.2, -0.15) is 0 Å². The second-order valence-electron chi connectivity index (χ2n) is 10.2. The van der Waals surface area contributed by atoms with E-state index in [2.05, 4.69) is 43.2 Å². The number of nitrogens with zero attached hydrogens (tertiary/aromatic N) is 2. The summed E-state index contributed by atoms with van der Waals surface area (Å²) in [7, 11) is 1.42. The molecule has 178 valence electrons. The van der Waals surface area contributed by atoms with E-state index >= 15 is 0 Å². The molecule has 0 bridgehead atoms. The number of benzene rings is 1. The van der Waals surface area contributed by atoms with Gasteiger partial charge in [0.05, 0.1) is 30.2 Å². The Bertz CT molecular complexity index is 1100. The molecule has 33 heavy (non-hydrogen) atoms. The highest BCUT2D eigenvalue weighted by Gasteiger charge is 2.32. The lowest BCUT2D eigenvalue weighted by Gasteiger charge is -2.34. The third-order valence-electron chi connectivity index (χ3n) is 6.88. The van der Waals surface area contributed by atoms with Crippen molar-refractivity contribution in [2.75, 3.05) is 31.7 Å². The second kappa shape index (κ2) is 9.34. The predicted octanol–water partition coefficient (Wildman–Crippen LogP) is 4.61. The van der Waals surface area contributed by atoms with Crippen LogP contribution in [-0.4, -0.2) is 43.4 Å². The summed E-state index contributed by atoms with van der Waals surface area (Å²) < 4.78 is 13.5. The maximum absolute atomic E-state index is 12.8. The molecular formula is C27H36N2O4. The Morgan fingerprint density at radius 2 is 1.94 bits per heavy atom. The highest BCUT2D eigenvalue weighted by molar-refractivity contribution is 5.98. The van der Waals surface area contributed by atoms with Gasteiger partial charge in [-0.3, -0.25) is 4.79 Å². The SMILES string of the molecule is COC(=O)c1cc2c(cc1N1CC[C@H](OCC(C)C)C1)CC(C(C)C)n1cc(C)c(=O)cc1-2. The normalized spacial score (nSPS) is 19.7. The van der Waals surface area contributed by atoms with Crippen molar-refractivity contribution in [3.8, 4) is 11.3 Å². The fraction of sp³-hybridized carbons (Fsp3) is 0.556. The van der Waals surface area contributed by atoms with E-state index in [0.29, 0.717) is 17.4 Å². The van der Waals surface area contributed by atoms with Gasteiger partial charge in [0, 0.05) is 49.1 Å². The zero-order valence-corrected chi connectivity index (χ0v) is 20.7. The molecule has 1 aromatic carbocycles. The molecule has 4 rings (SSSR count). The monoisotopic (exact) mass is 452 g/mol. The number of aromatic nitrogens is 1. The van der Waals surface area contributed by atoms with Crippen molar-refractivity contribution in [2.24, 2.45) is 11.8 Å². The van der Waals surface area contributed by atoms with E-state index in [9.17, 15) is 9.59 Å². The summed E-state index contributed by atoms with van der Waals surface area (Å²) in [4.78, 5) is 27.6. The van der Waals surface area contributed by atoms with Crippen molar-refractivity contribution in [3.63, 3.8) is 0 Å². The Morgan fingerprint density at radius 1 is 1.18 bits per heavy atom. The zero-order chi connectivity index (χ0) is 23.9. The van der Waals surface area contributed by atoms with Crippen LogP contribution in [0.5, 0.6) is 0 Å². The van der Waals surface area contributed by atoms with E-state index in [1.807, 2.05) is 19.2 Å². The number of esters is 1. The van der Waals surface area contributed by atoms with Gasteiger partial charge in [0.2, 0.25) is 0 Å². The predicted molar refractivity (Wildman–Crippen MR) is 131 cm³/mol. The summed E-state index contributed by atoms with van der Waals surface area (Å²) in [6.07, 6.45) is 3.93. The summed E-state index contributed by atoms with van der Waals surface area (Å²) in [6, 6.07) is 6.05. The first-order valence-corrected chi connectivity index (χ1v) is 12.0. The van der Waals surface area contributed by atoms with Crippen molar-refractivity contribution in [2.45, 2.75) is 59.6 Å². The smallest absolute Gasteiger partial charge is 0.339 e. The van der Waals surface area contributed by atoms with Crippen LogP contribution in [0, 0.1) is 18.8 Å². The lowest BCUT2D eigenvalue weighted by Crippen LogP contribution is -2.29. The molecule has 2 aromatic rings. The quantitative estimate of drug-likeness (QED) is 0.599. The van der Waals surface area contributed by atoms with Crippen molar-refractivity contribution in [1.82, 2.24) is 4.57 Å². The molecular weight excluding hydrogens is 416 g/mol. The number of pyridine rings is 1. The summed E-state index contributed by atoms with van der Waals surface area (Å²) in [5.74, 6) is 0.544. The Hall–Kier alpha value is -2.60. The largest absolute Gasteiger partial charge is 0.465 e. The Morgan fingerprint density at radius 3 is 2.61 bits per heavy atom. The summed E-state index contributed by atoms with van der Waals surface area (Å²) >= 11 is 0. The molecule has 2 atom stereocenters. The molecule has 0 amide bonds. The highest BCUT2D eigenvalue weighted by Crippen LogP contribution is 2.41. The molecule has 0 spiro atoms. The molecule has 0 saturated carbocycles. The van der Waals surface area contributed by atoms with Gasteiger partial charge in [0.15, 0.2) is 5.43 Å².